The molecule has 0 amide bonds. The third-order valence-corrected chi connectivity index (χ3v) is 3.99. The molecule has 1 aliphatic rings. The minimum absolute atomic E-state index is 0.0786. The molecule has 1 aliphatic heterocycles. The standard InChI is InChI=1S/C16H16N4O3/c1-19-14(12(8-17)15(21)20(2)16(19)22)18-9-11-7-10-5-3-4-6-13(10)23-11/h3-6,11,18H,7,9H2,1-2H3/t11-/m1/s1. The van der Waals surface area contributed by atoms with Crippen LogP contribution in [-0.2, 0) is 20.5 Å². The fourth-order valence-corrected chi connectivity index (χ4v) is 2.73. The number of nitriles is 1. The van der Waals surface area contributed by atoms with Gasteiger partial charge in [0.2, 0.25) is 0 Å². The van der Waals surface area contributed by atoms with E-state index < -0.39 is 11.2 Å². The summed E-state index contributed by atoms with van der Waals surface area (Å²) in [5, 5.41) is 12.2. The van der Waals surface area contributed by atoms with Crippen LogP contribution in [0.3, 0.4) is 0 Å². The first-order chi connectivity index (χ1) is 11.0. The predicted molar refractivity (Wildman–Crippen MR) is 84.7 cm³/mol. The number of nitrogens with one attached hydrogen (secondary N) is 1. The number of benzene rings is 1. The zero-order valence-electron chi connectivity index (χ0n) is 12.9. The first-order valence-corrected chi connectivity index (χ1v) is 7.21. The maximum Gasteiger partial charge on any atom is 0.332 e. The normalized spacial score (nSPS) is 15.6. The van der Waals surface area contributed by atoms with Gasteiger partial charge in [0.15, 0.2) is 5.56 Å². The lowest BCUT2D eigenvalue weighted by Gasteiger charge is -2.16. The molecule has 1 atom stereocenters. The number of ether oxygens (including phenoxy) is 1. The Bertz CT molecular complexity index is 895. The largest absolute Gasteiger partial charge is 0.488 e. The molecule has 2 heterocycles. The Morgan fingerprint density at radius 3 is 2.74 bits per heavy atom. The smallest absolute Gasteiger partial charge is 0.332 e. The molecule has 0 fully saturated rings. The van der Waals surface area contributed by atoms with E-state index in [1.54, 1.807) is 0 Å². The molecule has 1 aromatic carbocycles. The van der Waals surface area contributed by atoms with Crippen LogP contribution in [0, 0.1) is 11.3 Å². The number of nitrogens with zero attached hydrogens (tertiary/aromatic N) is 3. The van der Waals surface area contributed by atoms with Crippen molar-refractivity contribution in [3.63, 3.8) is 0 Å². The second kappa shape index (κ2) is 5.65. The second-order valence-electron chi connectivity index (χ2n) is 5.47. The van der Waals surface area contributed by atoms with Crippen LogP contribution in [0.5, 0.6) is 5.75 Å². The SMILES string of the molecule is Cn1c(NC[C@H]2Cc3ccccc3O2)c(C#N)c(=O)n(C)c1=O. The molecule has 7 heteroatoms. The molecule has 1 aromatic heterocycles. The van der Waals surface area contributed by atoms with Gasteiger partial charge in [0.25, 0.3) is 5.56 Å². The fraction of sp³-hybridized carbons (Fsp3) is 0.312. The number of fused-ring (bicyclic) bond motifs is 1. The molecule has 0 saturated heterocycles. The molecule has 0 unspecified atom stereocenters. The van der Waals surface area contributed by atoms with Crippen molar-refractivity contribution in [1.82, 2.24) is 9.13 Å². The molecule has 7 nitrogen and oxygen atoms in total. The summed E-state index contributed by atoms with van der Waals surface area (Å²) in [7, 11) is 2.88. The molecular weight excluding hydrogens is 296 g/mol. The van der Waals surface area contributed by atoms with Crippen molar-refractivity contribution in [3.05, 3.63) is 56.2 Å². The number of aromatic nitrogens is 2. The van der Waals surface area contributed by atoms with Crippen LogP contribution in [0.25, 0.3) is 0 Å². The van der Waals surface area contributed by atoms with Crippen LogP contribution in [0.15, 0.2) is 33.9 Å². The van der Waals surface area contributed by atoms with Crippen LogP contribution in [-0.4, -0.2) is 21.8 Å². The lowest BCUT2D eigenvalue weighted by atomic mass is 10.1. The van der Waals surface area contributed by atoms with E-state index in [9.17, 15) is 14.9 Å². The van der Waals surface area contributed by atoms with Crippen molar-refractivity contribution in [2.75, 3.05) is 11.9 Å². The Morgan fingerprint density at radius 1 is 1.30 bits per heavy atom. The van der Waals surface area contributed by atoms with Crippen LogP contribution in [0.1, 0.15) is 11.1 Å². The lowest BCUT2D eigenvalue weighted by Crippen LogP contribution is -2.40. The van der Waals surface area contributed by atoms with Crippen molar-refractivity contribution in [2.45, 2.75) is 12.5 Å². The van der Waals surface area contributed by atoms with E-state index in [2.05, 4.69) is 5.32 Å². The van der Waals surface area contributed by atoms with E-state index in [-0.39, 0.29) is 17.5 Å². The molecular formula is C16H16N4O3. The van der Waals surface area contributed by atoms with Gasteiger partial charge in [-0.15, -0.1) is 0 Å². The zero-order valence-corrected chi connectivity index (χ0v) is 12.9. The molecule has 3 rings (SSSR count). The van der Waals surface area contributed by atoms with Crippen molar-refractivity contribution >= 4 is 5.82 Å². The first-order valence-electron chi connectivity index (χ1n) is 7.21. The minimum Gasteiger partial charge on any atom is -0.488 e. The maximum absolute atomic E-state index is 12.0. The number of rotatable bonds is 3. The third-order valence-electron chi connectivity index (χ3n) is 3.99. The van der Waals surface area contributed by atoms with Gasteiger partial charge in [0, 0.05) is 20.5 Å². The Balaban J connectivity index is 1.84. The summed E-state index contributed by atoms with van der Waals surface area (Å²) in [4.78, 5) is 24.0. The van der Waals surface area contributed by atoms with Gasteiger partial charge in [-0.2, -0.15) is 5.26 Å². The summed E-state index contributed by atoms with van der Waals surface area (Å²) in [6.45, 7) is 0.393. The van der Waals surface area contributed by atoms with E-state index in [0.29, 0.717) is 6.54 Å². The van der Waals surface area contributed by atoms with Crippen molar-refractivity contribution in [3.8, 4) is 11.8 Å². The first kappa shape index (κ1) is 14.9. The van der Waals surface area contributed by atoms with Gasteiger partial charge in [-0.3, -0.25) is 13.9 Å². The average molecular weight is 312 g/mol. The van der Waals surface area contributed by atoms with Crippen LogP contribution in [0.2, 0.25) is 0 Å². The Labute approximate surface area is 132 Å². The van der Waals surface area contributed by atoms with E-state index in [1.807, 2.05) is 30.3 Å². The zero-order chi connectivity index (χ0) is 16.6. The minimum atomic E-state index is -0.603. The van der Waals surface area contributed by atoms with Crippen LogP contribution < -0.4 is 21.3 Å². The molecule has 23 heavy (non-hydrogen) atoms. The molecule has 0 spiro atoms. The Morgan fingerprint density at radius 2 is 2.04 bits per heavy atom. The predicted octanol–water partition coefficient (Wildman–Crippen LogP) is 0.371. The van der Waals surface area contributed by atoms with Crippen LogP contribution >= 0.6 is 0 Å². The lowest BCUT2D eigenvalue weighted by molar-refractivity contribution is 0.246. The summed E-state index contributed by atoms with van der Waals surface area (Å²) in [6.07, 6.45) is 0.627. The van der Waals surface area contributed by atoms with E-state index in [1.165, 1.54) is 18.7 Å². The van der Waals surface area contributed by atoms with E-state index >= 15 is 0 Å². The molecule has 0 radical (unpaired) electrons. The topological polar surface area (TPSA) is 89.1 Å². The van der Waals surface area contributed by atoms with Gasteiger partial charge in [-0.1, -0.05) is 18.2 Å². The van der Waals surface area contributed by atoms with E-state index in [4.69, 9.17) is 4.74 Å². The van der Waals surface area contributed by atoms with Gasteiger partial charge < -0.3 is 10.1 Å². The second-order valence-corrected chi connectivity index (χ2v) is 5.47. The summed E-state index contributed by atoms with van der Waals surface area (Å²) >= 11 is 0. The molecule has 118 valence electrons. The summed E-state index contributed by atoms with van der Waals surface area (Å²) in [5.41, 5.74) is -0.0383. The highest BCUT2D eigenvalue weighted by molar-refractivity contribution is 5.51. The highest BCUT2D eigenvalue weighted by Gasteiger charge is 2.23. The molecule has 0 bridgehead atoms. The molecule has 1 N–H and O–H groups in total. The van der Waals surface area contributed by atoms with Gasteiger partial charge in [0.05, 0.1) is 6.54 Å². The van der Waals surface area contributed by atoms with Gasteiger partial charge in [-0.25, -0.2) is 4.79 Å². The number of anilines is 1. The van der Waals surface area contributed by atoms with Gasteiger partial charge in [0.1, 0.15) is 23.7 Å². The van der Waals surface area contributed by atoms with Crippen LogP contribution in [0.4, 0.5) is 5.82 Å². The highest BCUT2D eigenvalue weighted by Crippen LogP contribution is 2.28. The average Bonchev–Trinajstić information content (AvgIpc) is 2.97. The van der Waals surface area contributed by atoms with Crippen molar-refractivity contribution in [1.29, 1.82) is 5.26 Å². The van der Waals surface area contributed by atoms with Gasteiger partial charge >= 0.3 is 5.69 Å². The van der Waals surface area contributed by atoms with Crippen molar-refractivity contribution < 1.29 is 4.74 Å². The fourth-order valence-electron chi connectivity index (χ4n) is 2.73. The van der Waals surface area contributed by atoms with Gasteiger partial charge in [-0.05, 0) is 11.6 Å². The molecule has 2 aromatic rings. The quantitative estimate of drug-likeness (QED) is 0.884. The molecule has 0 saturated carbocycles. The Kier molecular flexibility index (Phi) is 3.66. The number of hydrogen-bond donors (Lipinski definition) is 1. The number of hydrogen-bond acceptors (Lipinski definition) is 5. The van der Waals surface area contributed by atoms with E-state index in [0.717, 1.165) is 22.3 Å². The summed E-state index contributed by atoms with van der Waals surface area (Å²) in [6, 6.07) is 9.64. The Hall–Kier alpha value is -3.01. The summed E-state index contributed by atoms with van der Waals surface area (Å²) < 4.78 is 8.00. The van der Waals surface area contributed by atoms with Crippen molar-refractivity contribution in [2.24, 2.45) is 14.1 Å². The molecule has 0 aliphatic carbocycles. The summed E-state index contributed by atoms with van der Waals surface area (Å²) in [5.74, 6) is 1.07. The maximum atomic E-state index is 12.0. The number of para-hydroxylation sites is 1. The monoisotopic (exact) mass is 312 g/mol. The third kappa shape index (κ3) is 2.48. The highest BCUT2D eigenvalue weighted by atomic mass is 16.5.